The van der Waals surface area contributed by atoms with Crippen LogP contribution in [-0.4, -0.2) is 56.0 Å². The summed E-state index contributed by atoms with van der Waals surface area (Å²) in [6.45, 7) is 1.28. The van der Waals surface area contributed by atoms with Gasteiger partial charge < -0.3 is 14.7 Å². The maximum atomic E-state index is 12.7. The molecule has 158 valence electrons. The van der Waals surface area contributed by atoms with Crippen LogP contribution in [0.5, 0.6) is 5.75 Å². The molecule has 5 rings (SSSR count). The van der Waals surface area contributed by atoms with Crippen LogP contribution in [-0.2, 0) is 0 Å². The van der Waals surface area contributed by atoms with E-state index in [1.807, 2.05) is 42.6 Å². The van der Waals surface area contributed by atoms with Gasteiger partial charge in [-0.05, 0) is 54.5 Å². The third-order valence-corrected chi connectivity index (χ3v) is 6.11. The van der Waals surface area contributed by atoms with Gasteiger partial charge in [-0.25, -0.2) is 9.59 Å². The second-order valence-corrected chi connectivity index (χ2v) is 8.14. The van der Waals surface area contributed by atoms with Gasteiger partial charge >= 0.3 is 12.0 Å². The third kappa shape index (κ3) is 3.88. The Morgan fingerprint density at radius 1 is 1.03 bits per heavy atom. The number of carboxylic acid groups (broad SMARTS) is 1. The molecule has 1 amide bonds. The van der Waals surface area contributed by atoms with Crippen molar-refractivity contribution in [2.24, 2.45) is 11.8 Å². The summed E-state index contributed by atoms with van der Waals surface area (Å²) in [4.78, 5) is 29.6. The van der Waals surface area contributed by atoms with Gasteiger partial charge in [-0.3, -0.25) is 4.98 Å². The molecule has 0 spiro atoms. The van der Waals surface area contributed by atoms with Gasteiger partial charge in [0.15, 0.2) is 5.69 Å². The van der Waals surface area contributed by atoms with Gasteiger partial charge in [-0.1, -0.05) is 18.2 Å². The molecule has 0 radical (unpaired) electrons. The number of likely N-dealkylation sites (tertiary alicyclic amines) is 1. The van der Waals surface area contributed by atoms with E-state index in [0.29, 0.717) is 24.9 Å². The molecule has 2 aliphatic rings. The number of ether oxygens (including phenoxy) is 1. The number of nitrogens with zero attached hydrogens (tertiary/aromatic N) is 4. The first-order valence-electron chi connectivity index (χ1n) is 10.3. The molecule has 1 aliphatic heterocycles. The van der Waals surface area contributed by atoms with E-state index in [1.165, 1.54) is 12.3 Å². The summed E-state index contributed by atoms with van der Waals surface area (Å²) in [5.41, 5.74) is 1.99. The van der Waals surface area contributed by atoms with Gasteiger partial charge in [0.2, 0.25) is 0 Å². The molecule has 2 fully saturated rings. The third-order valence-electron chi connectivity index (χ3n) is 6.11. The van der Waals surface area contributed by atoms with Gasteiger partial charge in [-0.15, -0.1) is 0 Å². The highest BCUT2D eigenvalue weighted by Gasteiger charge is 2.43. The Balaban J connectivity index is 1.20. The minimum Gasteiger partial charge on any atom is -0.490 e. The largest absolute Gasteiger partial charge is 0.490 e. The van der Waals surface area contributed by atoms with Crippen LogP contribution in [0.1, 0.15) is 23.3 Å². The first-order chi connectivity index (χ1) is 15.1. The number of benzene rings is 1. The number of rotatable bonds is 4. The molecular formula is C23H22N4O4. The van der Waals surface area contributed by atoms with Crippen molar-refractivity contribution in [1.29, 1.82) is 0 Å². The molecule has 1 unspecified atom stereocenters. The summed E-state index contributed by atoms with van der Waals surface area (Å²) >= 11 is 0. The Labute approximate surface area is 179 Å². The van der Waals surface area contributed by atoms with Crippen LogP contribution < -0.4 is 4.74 Å². The van der Waals surface area contributed by atoms with Crippen LogP contribution in [0.2, 0.25) is 0 Å². The molecule has 3 heterocycles. The predicted molar refractivity (Wildman–Crippen MR) is 112 cm³/mol. The van der Waals surface area contributed by atoms with Gasteiger partial charge in [0, 0.05) is 37.2 Å². The highest BCUT2D eigenvalue weighted by Crippen LogP contribution is 2.40. The number of fused-ring (bicyclic) bond motifs is 1. The lowest BCUT2D eigenvalue weighted by atomic mass is 10.0. The van der Waals surface area contributed by atoms with Crippen LogP contribution in [0.3, 0.4) is 0 Å². The van der Waals surface area contributed by atoms with Gasteiger partial charge in [0.05, 0.1) is 6.10 Å². The Kier molecular flexibility index (Phi) is 4.89. The second-order valence-electron chi connectivity index (χ2n) is 8.14. The number of hydrogen-bond acceptors (Lipinski definition) is 5. The van der Waals surface area contributed by atoms with E-state index in [-0.39, 0.29) is 17.8 Å². The van der Waals surface area contributed by atoms with Crippen molar-refractivity contribution in [3.05, 3.63) is 66.7 Å². The molecule has 3 aromatic rings. The molecule has 1 aliphatic carbocycles. The van der Waals surface area contributed by atoms with E-state index < -0.39 is 5.97 Å². The normalized spacial score (nSPS) is 22.3. The molecule has 31 heavy (non-hydrogen) atoms. The standard InChI is InChI=1S/C23H22N4O4/c28-22(29)21-6-8-27(25-21)23(30)26-13-17-10-20(11-18(17)14-26)31-19-5-1-3-15(9-19)16-4-2-7-24-12-16/h1-9,12,17-18,20H,10-11,13-14H2,(H,28,29)/t17-,18+,20?. The summed E-state index contributed by atoms with van der Waals surface area (Å²) in [6, 6.07) is 13.0. The number of pyridine rings is 1. The SMILES string of the molecule is O=C(O)c1ccn(C(=O)N2C[C@H]3CC(Oc4cccc(-c5cccnc5)c4)C[C@H]3C2)n1. The van der Waals surface area contributed by atoms with Crippen molar-refractivity contribution < 1.29 is 19.4 Å². The average molecular weight is 418 g/mol. The molecule has 1 aromatic carbocycles. The summed E-state index contributed by atoms with van der Waals surface area (Å²) in [5.74, 6) is 0.462. The molecule has 1 N–H and O–H groups in total. The van der Waals surface area contributed by atoms with Crippen molar-refractivity contribution in [2.75, 3.05) is 13.1 Å². The Bertz CT molecular complexity index is 1100. The van der Waals surface area contributed by atoms with E-state index in [0.717, 1.165) is 34.4 Å². The highest BCUT2D eigenvalue weighted by molar-refractivity contribution is 5.86. The minimum atomic E-state index is -1.14. The maximum Gasteiger partial charge on any atom is 0.356 e. The summed E-state index contributed by atoms with van der Waals surface area (Å²) < 4.78 is 7.39. The van der Waals surface area contributed by atoms with E-state index in [9.17, 15) is 9.59 Å². The lowest BCUT2D eigenvalue weighted by Crippen LogP contribution is -2.34. The zero-order chi connectivity index (χ0) is 21.4. The van der Waals surface area contributed by atoms with Gasteiger partial charge in [-0.2, -0.15) is 9.78 Å². The zero-order valence-corrected chi connectivity index (χ0v) is 16.8. The topological polar surface area (TPSA) is 97.5 Å². The molecular weight excluding hydrogens is 396 g/mol. The van der Waals surface area contributed by atoms with Crippen molar-refractivity contribution in [1.82, 2.24) is 19.7 Å². The molecule has 1 saturated heterocycles. The van der Waals surface area contributed by atoms with Gasteiger partial charge in [0.25, 0.3) is 0 Å². The molecule has 8 nitrogen and oxygen atoms in total. The van der Waals surface area contributed by atoms with Crippen LogP contribution in [0.15, 0.2) is 61.1 Å². The molecule has 3 atom stereocenters. The quantitative estimate of drug-likeness (QED) is 0.697. The van der Waals surface area contributed by atoms with Crippen molar-refractivity contribution >= 4 is 12.0 Å². The number of amides is 1. The van der Waals surface area contributed by atoms with Crippen LogP contribution in [0.25, 0.3) is 11.1 Å². The number of aromatic nitrogens is 3. The van der Waals surface area contributed by atoms with Gasteiger partial charge in [0.1, 0.15) is 5.75 Å². The number of hydrogen-bond donors (Lipinski definition) is 1. The van der Waals surface area contributed by atoms with E-state index in [4.69, 9.17) is 9.84 Å². The average Bonchev–Trinajstić information content (AvgIpc) is 3.49. The van der Waals surface area contributed by atoms with Crippen LogP contribution in [0, 0.1) is 11.8 Å². The maximum absolute atomic E-state index is 12.7. The minimum absolute atomic E-state index is 0.125. The smallest absolute Gasteiger partial charge is 0.356 e. The predicted octanol–water partition coefficient (Wildman–Crippen LogP) is 3.40. The Hall–Kier alpha value is -3.68. The highest BCUT2D eigenvalue weighted by atomic mass is 16.5. The molecule has 0 bridgehead atoms. The fourth-order valence-corrected chi connectivity index (χ4v) is 4.66. The molecule has 8 heteroatoms. The first-order valence-corrected chi connectivity index (χ1v) is 10.3. The summed E-state index contributed by atoms with van der Waals surface area (Å²) in [5, 5.41) is 12.8. The monoisotopic (exact) mass is 418 g/mol. The summed E-state index contributed by atoms with van der Waals surface area (Å²) in [6.07, 6.45) is 6.91. The number of carbonyl (C=O) groups excluding carboxylic acids is 1. The number of carboxylic acids is 1. The fourth-order valence-electron chi connectivity index (χ4n) is 4.66. The fraction of sp³-hybridized carbons (Fsp3) is 0.304. The Morgan fingerprint density at radius 3 is 2.48 bits per heavy atom. The lowest BCUT2D eigenvalue weighted by Gasteiger charge is -2.20. The van der Waals surface area contributed by atoms with E-state index >= 15 is 0 Å². The second kappa shape index (κ2) is 7.86. The van der Waals surface area contributed by atoms with Crippen LogP contribution >= 0.6 is 0 Å². The lowest BCUT2D eigenvalue weighted by molar-refractivity contribution is 0.0690. The Morgan fingerprint density at radius 2 is 1.81 bits per heavy atom. The van der Waals surface area contributed by atoms with E-state index in [2.05, 4.69) is 10.1 Å². The number of carbonyl (C=O) groups is 2. The van der Waals surface area contributed by atoms with Crippen molar-refractivity contribution in [2.45, 2.75) is 18.9 Å². The van der Waals surface area contributed by atoms with E-state index in [1.54, 1.807) is 11.1 Å². The zero-order valence-electron chi connectivity index (χ0n) is 16.8. The first kappa shape index (κ1) is 19.3. The van der Waals surface area contributed by atoms with Crippen LogP contribution in [0.4, 0.5) is 4.79 Å². The molecule has 2 aromatic heterocycles. The van der Waals surface area contributed by atoms with Crippen molar-refractivity contribution in [3.8, 4) is 16.9 Å². The van der Waals surface area contributed by atoms with Crippen molar-refractivity contribution in [3.63, 3.8) is 0 Å². The summed E-state index contributed by atoms with van der Waals surface area (Å²) in [7, 11) is 0. The molecule has 1 saturated carbocycles. The number of aromatic carboxylic acids is 1.